The van der Waals surface area contributed by atoms with E-state index in [2.05, 4.69) is 5.32 Å². The van der Waals surface area contributed by atoms with Crippen molar-refractivity contribution in [3.8, 4) is 5.75 Å². The lowest BCUT2D eigenvalue weighted by molar-refractivity contribution is -0.123. The molecule has 5 nitrogen and oxygen atoms in total. The molecule has 17 heavy (non-hydrogen) atoms. The minimum atomic E-state index is -0.168. The van der Waals surface area contributed by atoms with Crippen LogP contribution in [0.1, 0.15) is 5.56 Å². The number of carbonyl (C=O) groups excluding carboxylic acids is 1. The number of nitrogen functional groups attached to an aromatic ring is 1. The molecule has 0 aliphatic heterocycles. The summed E-state index contributed by atoms with van der Waals surface area (Å²) in [6.07, 6.45) is 0. The Balaban J connectivity index is 2.37. The van der Waals surface area contributed by atoms with E-state index in [4.69, 9.17) is 15.2 Å². The number of aryl methyl sites for hydroxylation is 1. The fourth-order valence-corrected chi connectivity index (χ4v) is 1.32. The van der Waals surface area contributed by atoms with E-state index in [0.29, 0.717) is 24.6 Å². The van der Waals surface area contributed by atoms with E-state index >= 15 is 0 Å². The zero-order chi connectivity index (χ0) is 12.7. The molecule has 1 rings (SSSR count). The second kappa shape index (κ2) is 6.75. The number of nitrogens with two attached hydrogens (primary N) is 1. The molecule has 1 amide bonds. The Morgan fingerprint density at radius 1 is 1.47 bits per heavy atom. The number of amides is 1. The first kappa shape index (κ1) is 13.3. The zero-order valence-electron chi connectivity index (χ0n) is 10.2. The van der Waals surface area contributed by atoms with Gasteiger partial charge in [-0.2, -0.15) is 0 Å². The number of hydrogen-bond donors (Lipinski definition) is 2. The third-order valence-corrected chi connectivity index (χ3v) is 2.19. The van der Waals surface area contributed by atoms with Crippen molar-refractivity contribution in [2.75, 3.05) is 32.6 Å². The fourth-order valence-electron chi connectivity index (χ4n) is 1.32. The van der Waals surface area contributed by atoms with Crippen LogP contribution in [0.2, 0.25) is 0 Å². The molecule has 0 spiro atoms. The third kappa shape index (κ3) is 4.74. The first-order valence-corrected chi connectivity index (χ1v) is 5.38. The summed E-state index contributed by atoms with van der Waals surface area (Å²) >= 11 is 0. The molecule has 3 N–H and O–H groups in total. The molecule has 94 valence electrons. The quantitative estimate of drug-likeness (QED) is 0.565. The van der Waals surface area contributed by atoms with Crippen LogP contribution in [0.4, 0.5) is 5.69 Å². The lowest BCUT2D eigenvalue weighted by Gasteiger charge is -2.09. The van der Waals surface area contributed by atoms with Crippen molar-refractivity contribution >= 4 is 11.6 Å². The van der Waals surface area contributed by atoms with Crippen molar-refractivity contribution in [3.05, 3.63) is 23.8 Å². The number of hydrogen-bond acceptors (Lipinski definition) is 4. The summed E-state index contributed by atoms with van der Waals surface area (Å²) in [5, 5.41) is 2.67. The van der Waals surface area contributed by atoms with E-state index < -0.39 is 0 Å². The summed E-state index contributed by atoms with van der Waals surface area (Å²) in [7, 11) is 1.58. The molecule has 0 fully saturated rings. The Morgan fingerprint density at radius 3 is 2.88 bits per heavy atom. The molecule has 0 aliphatic carbocycles. The lowest BCUT2D eigenvalue weighted by atomic mass is 10.2. The molecule has 1 aromatic carbocycles. The number of methoxy groups -OCH3 is 1. The average molecular weight is 238 g/mol. The smallest absolute Gasteiger partial charge is 0.258 e. The van der Waals surface area contributed by atoms with Crippen molar-refractivity contribution in [1.82, 2.24) is 5.32 Å². The van der Waals surface area contributed by atoms with Gasteiger partial charge in [0.15, 0.2) is 6.61 Å². The first-order valence-electron chi connectivity index (χ1n) is 5.38. The molecule has 0 heterocycles. The van der Waals surface area contributed by atoms with Crippen LogP contribution in [0.3, 0.4) is 0 Å². The van der Waals surface area contributed by atoms with Crippen LogP contribution < -0.4 is 15.8 Å². The van der Waals surface area contributed by atoms with Crippen LogP contribution in [-0.4, -0.2) is 32.8 Å². The van der Waals surface area contributed by atoms with E-state index in [9.17, 15) is 4.79 Å². The minimum Gasteiger partial charge on any atom is -0.484 e. The standard InChI is InChI=1S/C12H18N2O3/c1-9-7-10(13)3-4-11(9)17-8-12(15)14-5-6-16-2/h3-4,7H,5-6,8,13H2,1-2H3,(H,14,15). The number of anilines is 1. The van der Waals surface area contributed by atoms with Gasteiger partial charge >= 0.3 is 0 Å². The second-order valence-electron chi connectivity index (χ2n) is 3.66. The van der Waals surface area contributed by atoms with Crippen LogP contribution in [0.5, 0.6) is 5.75 Å². The van der Waals surface area contributed by atoms with E-state index in [0.717, 1.165) is 5.56 Å². The summed E-state index contributed by atoms with van der Waals surface area (Å²) in [5.74, 6) is 0.499. The van der Waals surface area contributed by atoms with Crippen molar-refractivity contribution < 1.29 is 14.3 Å². The topological polar surface area (TPSA) is 73.6 Å². The average Bonchev–Trinajstić information content (AvgIpc) is 2.28. The molecule has 0 bridgehead atoms. The van der Waals surface area contributed by atoms with Gasteiger partial charge in [-0.15, -0.1) is 0 Å². The molecule has 0 aromatic heterocycles. The lowest BCUT2D eigenvalue weighted by Crippen LogP contribution is -2.31. The van der Waals surface area contributed by atoms with E-state index in [-0.39, 0.29) is 12.5 Å². The Kier molecular flexibility index (Phi) is 5.29. The van der Waals surface area contributed by atoms with Gasteiger partial charge in [0, 0.05) is 19.3 Å². The highest BCUT2D eigenvalue weighted by Gasteiger charge is 2.04. The summed E-state index contributed by atoms with van der Waals surface area (Å²) < 4.78 is 10.2. The number of rotatable bonds is 6. The Bertz CT molecular complexity index is 380. The maximum Gasteiger partial charge on any atom is 0.258 e. The third-order valence-electron chi connectivity index (χ3n) is 2.19. The molecule has 5 heteroatoms. The molecular formula is C12H18N2O3. The van der Waals surface area contributed by atoms with Gasteiger partial charge in [0.2, 0.25) is 0 Å². The largest absolute Gasteiger partial charge is 0.484 e. The Labute approximate surface area is 101 Å². The van der Waals surface area contributed by atoms with Crippen molar-refractivity contribution in [2.45, 2.75) is 6.92 Å². The highest BCUT2D eigenvalue weighted by Crippen LogP contribution is 2.19. The highest BCUT2D eigenvalue weighted by atomic mass is 16.5. The minimum absolute atomic E-state index is 0.00548. The van der Waals surface area contributed by atoms with Crippen LogP contribution in [-0.2, 0) is 9.53 Å². The summed E-state index contributed by atoms with van der Waals surface area (Å²) in [6, 6.07) is 5.30. The van der Waals surface area contributed by atoms with Crippen LogP contribution in [0, 0.1) is 6.92 Å². The van der Waals surface area contributed by atoms with Crippen molar-refractivity contribution in [3.63, 3.8) is 0 Å². The normalized spacial score (nSPS) is 10.0. The van der Waals surface area contributed by atoms with Gasteiger partial charge in [0.1, 0.15) is 5.75 Å². The molecule has 0 saturated heterocycles. The molecule has 0 atom stereocenters. The molecule has 0 aliphatic rings. The molecule has 0 unspecified atom stereocenters. The van der Waals surface area contributed by atoms with Crippen molar-refractivity contribution in [1.29, 1.82) is 0 Å². The van der Waals surface area contributed by atoms with E-state index in [1.807, 2.05) is 6.92 Å². The van der Waals surface area contributed by atoms with Gasteiger partial charge in [0.25, 0.3) is 5.91 Å². The maximum atomic E-state index is 11.4. The van der Waals surface area contributed by atoms with E-state index in [1.54, 1.807) is 25.3 Å². The number of nitrogens with one attached hydrogen (secondary N) is 1. The van der Waals surface area contributed by atoms with Gasteiger partial charge in [-0.3, -0.25) is 4.79 Å². The van der Waals surface area contributed by atoms with Gasteiger partial charge in [-0.25, -0.2) is 0 Å². The molecule has 0 saturated carbocycles. The predicted octanol–water partition coefficient (Wildman–Crippen LogP) is 0.719. The zero-order valence-corrected chi connectivity index (χ0v) is 10.2. The number of ether oxygens (including phenoxy) is 2. The Morgan fingerprint density at radius 2 is 2.24 bits per heavy atom. The van der Waals surface area contributed by atoms with E-state index in [1.165, 1.54) is 0 Å². The monoisotopic (exact) mass is 238 g/mol. The fraction of sp³-hybridized carbons (Fsp3) is 0.417. The SMILES string of the molecule is COCCNC(=O)COc1ccc(N)cc1C. The maximum absolute atomic E-state index is 11.4. The van der Waals surface area contributed by atoms with Gasteiger partial charge < -0.3 is 20.5 Å². The second-order valence-corrected chi connectivity index (χ2v) is 3.66. The number of benzene rings is 1. The molecule has 0 radical (unpaired) electrons. The highest BCUT2D eigenvalue weighted by molar-refractivity contribution is 5.77. The summed E-state index contributed by atoms with van der Waals surface area (Å²) in [5.41, 5.74) is 7.21. The number of carbonyl (C=O) groups is 1. The van der Waals surface area contributed by atoms with Crippen LogP contribution >= 0.6 is 0 Å². The van der Waals surface area contributed by atoms with Gasteiger partial charge in [-0.1, -0.05) is 0 Å². The van der Waals surface area contributed by atoms with Crippen molar-refractivity contribution in [2.24, 2.45) is 0 Å². The van der Waals surface area contributed by atoms with Gasteiger partial charge in [-0.05, 0) is 30.7 Å². The summed E-state index contributed by atoms with van der Waals surface area (Å²) in [4.78, 5) is 11.4. The van der Waals surface area contributed by atoms with Crippen LogP contribution in [0.25, 0.3) is 0 Å². The summed E-state index contributed by atoms with van der Waals surface area (Å²) in [6.45, 7) is 2.86. The Hall–Kier alpha value is -1.75. The first-order chi connectivity index (χ1) is 8.13. The van der Waals surface area contributed by atoms with Gasteiger partial charge in [0.05, 0.1) is 6.61 Å². The molecular weight excluding hydrogens is 220 g/mol. The predicted molar refractivity (Wildman–Crippen MR) is 66.0 cm³/mol. The van der Waals surface area contributed by atoms with Crippen LogP contribution in [0.15, 0.2) is 18.2 Å². The molecule has 1 aromatic rings.